The zero-order chi connectivity index (χ0) is 26.5. The molecule has 0 radical (unpaired) electrons. The van der Waals surface area contributed by atoms with Crippen molar-refractivity contribution in [2.45, 2.75) is 70.3 Å². The first-order chi connectivity index (χ1) is 17.4. The third kappa shape index (κ3) is 5.51. The van der Waals surface area contributed by atoms with E-state index in [1.807, 2.05) is 13.8 Å². The molecule has 37 heavy (non-hydrogen) atoms. The van der Waals surface area contributed by atoms with Crippen molar-refractivity contribution in [1.29, 1.82) is 0 Å². The summed E-state index contributed by atoms with van der Waals surface area (Å²) >= 11 is -0.113. The summed E-state index contributed by atoms with van der Waals surface area (Å²) in [6, 6.07) is 12.8. The number of aryl methyl sites for hydroxylation is 2. The number of hydrogen-bond donors (Lipinski definition) is 1. The van der Waals surface area contributed by atoms with Crippen molar-refractivity contribution in [2.24, 2.45) is 11.3 Å². The second-order valence-corrected chi connectivity index (χ2v) is 12.1. The summed E-state index contributed by atoms with van der Waals surface area (Å²) in [6.45, 7) is 10.8. The molecular formula is C28H31F3N4OS. The molecular weight excluding hydrogens is 497 g/mol. The van der Waals surface area contributed by atoms with Crippen molar-refractivity contribution in [2.75, 3.05) is 5.32 Å². The molecule has 2 aromatic carbocycles. The lowest BCUT2D eigenvalue weighted by atomic mass is 9.70. The fourth-order valence-corrected chi connectivity index (χ4v) is 6.51. The van der Waals surface area contributed by atoms with E-state index < -0.39 is 5.51 Å². The summed E-state index contributed by atoms with van der Waals surface area (Å²) < 4.78 is 46.0. The lowest BCUT2D eigenvalue weighted by Gasteiger charge is -2.40. The first-order valence-electron chi connectivity index (χ1n) is 12.5. The smallest absolute Gasteiger partial charge is 0.361 e. The molecule has 0 amide bonds. The van der Waals surface area contributed by atoms with Gasteiger partial charge < -0.3 is 14.4 Å². The van der Waals surface area contributed by atoms with Crippen LogP contribution in [0.5, 0.6) is 0 Å². The molecule has 1 aliphatic rings. The molecule has 0 saturated heterocycles. The molecule has 0 spiro atoms. The number of thioether (sulfide) groups is 1. The maximum Gasteiger partial charge on any atom is 0.446 e. The van der Waals surface area contributed by atoms with Crippen molar-refractivity contribution in [3.05, 3.63) is 53.9 Å². The lowest BCUT2D eigenvalue weighted by Crippen LogP contribution is -2.29. The number of nitrogens with zero attached hydrogens (tertiary/aromatic N) is 3. The van der Waals surface area contributed by atoms with Gasteiger partial charge in [-0.1, -0.05) is 32.0 Å². The van der Waals surface area contributed by atoms with Crippen molar-refractivity contribution in [3.63, 3.8) is 0 Å². The Kier molecular flexibility index (Phi) is 6.54. The number of aromatic nitrogens is 3. The zero-order valence-corrected chi connectivity index (χ0v) is 22.4. The number of hydrogen-bond acceptors (Lipinski definition) is 5. The number of nitrogens with one attached hydrogen (secondary N) is 1. The van der Waals surface area contributed by atoms with E-state index >= 15 is 0 Å². The summed E-state index contributed by atoms with van der Waals surface area (Å²) in [5.41, 5.74) is 1.24. The highest BCUT2D eigenvalue weighted by molar-refractivity contribution is 8.00. The van der Waals surface area contributed by atoms with Gasteiger partial charge in [-0.2, -0.15) is 13.2 Å². The second kappa shape index (κ2) is 9.42. The van der Waals surface area contributed by atoms with Gasteiger partial charge in [-0.3, -0.25) is 0 Å². The van der Waals surface area contributed by atoms with Crippen LogP contribution < -0.4 is 5.32 Å². The van der Waals surface area contributed by atoms with Crippen LogP contribution >= 0.6 is 11.8 Å². The Bertz CT molecular complexity index is 1400. The van der Waals surface area contributed by atoms with Gasteiger partial charge in [-0.15, -0.1) is 0 Å². The van der Waals surface area contributed by atoms with E-state index in [1.165, 1.54) is 18.6 Å². The number of benzene rings is 2. The first kappa shape index (κ1) is 25.7. The van der Waals surface area contributed by atoms with Crippen LogP contribution in [0.4, 0.5) is 24.8 Å². The SMILES string of the molecule is Cc1noc(C)c1-c1ccc2c(c1)nc(Nc1ccc(SC(F)(F)F)cc1)n2C1CC(C)CC(C)(C)C1. The number of alkyl halides is 3. The van der Waals surface area contributed by atoms with Gasteiger partial charge in [0.25, 0.3) is 0 Å². The van der Waals surface area contributed by atoms with Gasteiger partial charge in [-0.25, -0.2) is 4.98 Å². The Morgan fingerprint density at radius 3 is 2.43 bits per heavy atom. The minimum Gasteiger partial charge on any atom is -0.361 e. The van der Waals surface area contributed by atoms with E-state index in [-0.39, 0.29) is 28.1 Å². The van der Waals surface area contributed by atoms with Gasteiger partial charge in [0, 0.05) is 22.2 Å². The van der Waals surface area contributed by atoms with Crippen LogP contribution in [0.15, 0.2) is 51.9 Å². The Labute approximate surface area is 218 Å². The molecule has 2 heterocycles. The highest BCUT2D eigenvalue weighted by Crippen LogP contribution is 2.46. The van der Waals surface area contributed by atoms with Crippen LogP contribution in [0.3, 0.4) is 0 Å². The molecule has 1 fully saturated rings. The summed E-state index contributed by atoms with van der Waals surface area (Å²) in [4.78, 5) is 5.13. The maximum atomic E-state index is 12.8. The van der Waals surface area contributed by atoms with E-state index in [4.69, 9.17) is 9.51 Å². The van der Waals surface area contributed by atoms with Crippen LogP contribution in [0.2, 0.25) is 0 Å². The van der Waals surface area contributed by atoms with Crippen molar-refractivity contribution < 1.29 is 17.7 Å². The lowest BCUT2D eigenvalue weighted by molar-refractivity contribution is -0.0328. The molecule has 2 aromatic heterocycles. The second-order valence-electron chi connectivity index (χ2n) is 11.0. The van der Waals surface area contributed by atoms with E-state index in [9.17, 15) is 13.2 Å². The molecule has 0 aliphatic heterocycles. The summed E-state index contributed by atoms with van der Waals surface area (Å²) in [5, 5.41) is 7.49. The first-order valence-corrected chi connectivity index (χ1v) is 13.3. The quantitative estimate of drug-likeness (QED) is 0.262. The molecule has 1 saturated carbocycles. The molecule has 2 atom stereocenters. The van der Waals surface area contributed by atoms with Crippen LogP contribution in [0.1, 0.15) is 57.5 Å². The highest BCUT2D eigenvalue weighted by atomic mass is 32.2. The number of imidazole rings is 1. The number of fused-ring (bicyclic) bond motifs is 1. The summed E-state index contributed by atoms with van der Waals surface area (Å²) in [6.07, 6.45) is 3.23. The minimum absolute atomic E-state index is 0.113. The van der Waals surface area contributed by atoms with E-state index in [1.54, 1.807) is 12.1 Å². The third-order valence-corrected chi connectivity index (χ3v) is 7.82. The Morgan fingerprint density at radius 1 is 1.08 bits per heavy atom. The van der Waals surface area contributed by atoms with Crippen molar-refractivity contribution in [3.8, 4) is 11.1 Å². The van der Waals surface area contributed by atoms with E-state index in [0.717, 1.165) is 46.5 Å². The predicted molar refractivity (Wildman–Crippen MR) is 142 cm³/mol. The molecule has 5 rings (SSSR count). The third-order valence-electron chi connectivity index (χ3n) is 7.08. The molecule has 1 N–H and O–H groups in total. The Balaban J connectivity index is 1.56. The van der Waals surface area contributed by atoms with E-state index in [2.05, 4.69) is 54.0 Å². The summed E-state index contributed by atoms with van der Waals surface area (Å²) in [5.74, 6) is 2.02. The van der Waals surface area contributed by atoms with Crippen LogP contribution in [-0.2, 0) is 0 Å². The summed E-state index contributed by atoms with van der Waals surface area (Å²) in [7, 11) is 0. The molecule has 5 nitrogen and oxygen atoms in total. The monoisotopic (exact) mass is 528 g/mol. The van der Waals surface area contributed by atoms with Crippen molar-refractivity contribution >= 4 is 34.4 Å². The number of anilines is 2. The van der Waals surface area contributed by atoms with Crippen LogP contribution in [0, 0.1) is 25.2 Å². The molecule has 2 unspecified atom stereocenters. The van der Waals surface area contributed by atoms with Gasteiger partial charge in [0.2, 0.25) is 5.95 Å². The average Bonchev–Trinajstić information content (AvgIpc) is 3.30. The largest absolute Gasteiger partial charge is 0.446 e. The molecule has 0 bridgehead atoms. The van der Waals surface area contributed by atoms with Crippen LogP contribution in [0.25, 0.3) is 22.2 Å². The Hall–Kier alpha value is -2.94. The molecule has 9 heteroatoms. The number of rotatable bonds is 5. The fourth-order valence-electron chi connectivity index (χ4n) is 5.97. The van der Waals surface area contributed by atoms with Crippen LogP contribution in [-0.4, -0.2) is 20.2 Å². The highest BCUT2D eigenvalue weighted by Gasteiger charge is 2.35. The predicted octanol–water partition coefficient (Wildman–Crippen LogP) is 9.05. The molecule has 1 aliphatic carbocycles. The minimum atomic E-state index is -4.31. The number of halogens is 3. The maximum absolute atomic E-state index is 12.8. The molecule has 196 valence electrons. The van der Waals surface area contributed by atoms with Gasteiger partial charge >= 0.3 is 5.51 Å². The van der Waals surface area contributed by atoms with Gasteiger partial charge in [0.15, 0.2) is 0 Å². The fraction of sp³-hybridized carbons (Fsp3) is 0.429. The zero-order valence-electron chi connectivity index (χ0n) is 21.6. The standard InChI is InChI=1S/C28H31F3N4OS/c1-16-12-21(15-27(4,5)14-16)35-24-11-6-19(25-17(2)34-36-18(25)3)13-23(24)33-26(35)32-20-7-9-22(10-8-20)37-28(29,30)31/h6-11,13,16,21H,12,14-15H2,1-5H3,(H,32,33). The average molecular weight is 529 g/mol. The molecule has 4 aromatic rings. The van der Waals surface area contributed by atoms with Gasteiger partial charge in [0.1, 0.15) is 5.76 Å². The van der Waals surface area contributed by atoms with E-state index in [0.29, 0.717) is 17.6 Å². The normalized spacial score (nSPS) is 19.9. The Morgan fingerprint density at radius 2 is 1.81 bits per heavy atom. The topological polar surface area (TPSA) is 55.9 Å². The van der Waals surface area contributed by atoms with Gasteiger partial charge in [-0.05, 0) is 98.2 Å². The van der Waals surface area contributed by atoms with Gasteiger partial charge in [0.05, 0.1) is 16.7 Å². The van der Waals surface area contributed by atoms with Crippen molar-refractivity contribution in [1.82, 2.24) is 14.7 Å².